The minimum absolute atomic E-state index is 0.178. The van der Waals surface area contributed by atoms with E-state index in [4.69, 9.17) is 0 Å². The first-order valence-corrected chi connectivity index (χ1v) is 12.0. The van der Waals surface area contributed by atoms with E-state index in [1.54, 1.807) is 4.52 Å². The van der Waals surface area contributed by atoms with Gasteiger partial charge in [-0.1, -0.05) is 0 Å². The third-order valence-corrected chi connectivity index (χ3v) is 7.12. The number of nitrogens with zero attached hydrogens (tertiary/aromatic N) is 9. The average Bonchev–Trinajstić information content (AvgIpc) is 3.46. The van der Waals surface area contributed by atoms with Gasteiger partial charge in [-0.25, -0.2) is 9.97 Å². The fraction of sp³-hybridized carbons (Fsp3) is 0.524. The molecular weight excluding hydrogens is 474 g/mol. The quantitative estimate of drug-likeness (QED) is 0.538. The second kappa shape index (κ2) is 7.95. The molecule has 1 saturated carbocycles. The van der Waals surface area contributed by atoms with Gasteiger partial charge in [0.1, 0.15) is 11.9 Å². The first kappa shape index (κ1) is 19.8. The van der Waals surface area contributed by atoms with Crippen LogP contribution in [0.4, 0.5) is 11.8 Å². The molecule has 11 heteroatoms. The van der Waals surface area contributed by atoms with Gasteiger partial charge in [-0.3, -0.25) is 4.79 Å². The lowest BCUT2D eigenvalue weighted by atomic mass is 10.1. The van der Waals surface area contributed by atoms with Gasteiger partial charge in [0.2, 0.25) is 16.6 Å². The minimum Gasteiger partial charge on any atom is -0.343 e. The molecule has 0 spiro atoms. The highest BCUT2D eigenvalue weighted by molar-refractivity contribution is 9.10. The Hall–Kier alpha value is -2.82. The van der Waals surface area contributed by atoms with Crippen LogP contribution in [0.25, 0.3) is 5.65 Å². The minimum atomic E-state index is -0.184. The smallest absolute Gasteiger partial charge is 0.245 e. The highest BCUT2D eigenvalue weighted by atomic mass is 79.9. The number of hydrogen-bond acceptors (Lipinski definition) is 8. The molecule has 1 unspecified atom stereocenters. The monoisotopic (exact) mass is 497 g/mol. The number of rotatable bonds is 4. The molecule has 0 aromatic carbocycles. The van der Waals surface area contributed by atoms with Gasteiger partial charge in [0.15, 0.2) is 5.65 Å². The maximum absolute atomic E-state index is 13.4. The van der Waals surface area contributed by atoms with Crippen LogP contribution in [0.15, 0.2) is 29.3 Å². The van der Waals surface area contributed by atoms with Crippen molar-refractivity contribution in [2.75, 3.05) is 42.5 Å². The molecule has 0 radical (unpaired) electrons. The van der Waals surface area contributed by atoms with Crippen LogP contribution in [0, 0.1) is 0 Å². The molecule has 2 saturated heterocycles. The Bertz CT molecular complexity index is 1140. The fourth-order valence-electron chi connectivity index (χ4n) is 4.66. The first-order valence-electron chi connectivity index (χ1n) is 11.2. The highest BCUT2D eigenvalue weighted by Crippen LogP contribution is 2.39. The van der Waals surface area contributed by atoms with Crippen LogP contribution in [0.2, 0.25) is 0 Å². The summed E-state index contributed by atoms with van der Waals surface area (Å²) >= 11 is 3.37. The van der Waals surface area contributed by atoms with Crippen molar-refractivity contribution in [2.45, 2.75) is 37.6 Å². The van der Waals surface area contributed by atoms with Gasteiger partial charge in [-0.2, -0.15) is 4.52 Å². The summed E-state index contributed by atoms with van der Waals surface area (Å²) < 4.78 is 2.21. The normalized spacial score (nSPS) is 21.5. The molecule has 3 aliphatic rings. The number of piperazine rings is 1. The van der Waals surface area contributed by atoms with Gasteiger partial charge in [-0.05, 0) is 65.2 Å². The van der Waals surface area contributed by atoms with Crippen LogP contribution < -0.4 is 9.80 Å². The van der Waals surface area contributed by atoms with Crippen LogP contribution >= 0.6 is 15.9 Å². The lowest BCUT2D eigenvalue weighted by Crippen LogP contribution is -2.54. The van der Waals surface area contributed by atoms with E-state index in [0.717, 1.165) is 44.2 Å². The Morgan fingerprint density at radius 1 is 0.969 bits per heavy atom. The molecule has 1 aliphatic carbocycles. The third-order valence-electron chi connectivity index (χ3n) is 6.62. The Morgan fingerprint density at radius 3 is 2.50 bits per heavy atom. The van der Waals surface area contributed by atoms with Gasteiger partial charge < -0.3 is 14.7 Å². The summed E-state index contributed by atoms with van der Waals surface area (Å²) in [5.41, 5.74) is 1.92. The summed E-state index contributed by atoms with van der Waals surface area (Å²) in [5.74, 6) is 2.38. The van der Waals surface area contributed by atoms with Crippen molar-refractivity contribution in [3.05, 3.63) is 34.8 Å². The molecule has 5 heterocycles. The van der Waals surface area contributed by atoms with E-state index in [1.807, 2.05) is 29.4 Å². The van der Waals surface area contributed by atoms with Gasteiger partial charge in [0, 0.05) is 45.1 Å². The summed E-state index contributed by atoms with van der Waals surface area (Å²) in [5, 5.41) is 12.7. The SMILES string of the molecule is O=C(C1CCCN1c1ccc2nnc(Br)n2n1)N1CCN(c2ncc(C3CC3)cn2)CC1. The number of halogens is 1. The van der Waals surface area contributed by atoms with Crippen molar-refractivity contribution < 1.29 is 4.79 Å². The molecule has 166 valence electrons. The molecular formula is C21H24BrN9O. The molecule has 1 atom stereocenters. The van der Waals surface area contributed by atoms with Crippen molar-refractivity contribution in [1.29, 1.82) is 0 Å². The van der Waals surface area contributed by atoms with Crippen LogP contribution in [0.5, 0.6) is 0 Å². The molecule has 0 N–H and O–H groups in total. The zero-order valence-corrected chi connectivity index (χ0v) is 19.2. The Labute approximate surface area is 193 Å². The number of amides is 1. The van der Waals surface area contributed by atoms with E-state index in [1.165, 1.54) is 18.4 Å². The van der Waals surface area contributed by atoms with Crippen LogP contribution in [0.1, 0.15) is 37.2 Å². The van der Waals surface area contributed by atoms with E-state index in [-0.39, 0.29) is 11.9 Å². The predicted octanol–water partition coefficient (Wildman–Crippen LogP) is 1.87. The van der Waals surface area contributed by atoms with E-state index < -0.39 is 0 Å². The summed E-state index contributed by atoms with van der Waals surface area (Å²) in [6.45, 7) is 3.68. The van der Waals surface area contributed by atoms with Crippen molar-refractivity contribution in [2.24, 2.45) is 0 Å². The molecule has 3 aromatic rings. The summed E-state index contributed by atoms with van der Waals surface area (Å²) in [6.07, 6.45) is 8.25. The van der Waals surface area contributed by atoms with Gasteiger partial charge in [0.05, 0.1) is 0 Å². The zero-order valence-electron chi connectivity index (χ0n) is 17.6. The number of anilines is 2. The van der Waals surface area contributed by atoms with Crippen LogP contribution in [0.3, 0.4) is 0 Å². The van der Waals surface area contributed by atoms with Crippen LogP contribution in [-0.2, 0) is 4.79 Å². The predicted molar refractivity (Wildman–Crippen MR) is 122 cm³/mol. The third kappa shape index (κ3) is 3.58. The Morgan fingerprint density at radius 2 is 1.75 bits per heavy atom. The molecule has 6 rings (SSSR count). The van der Waals surface area contributed by atoms with E-state index >= 15 is 0 Å². The maximum Gasteiger partial charge on any atom is 0.245 e. The van der Waals surface area contributed by atoms with E-state index in [2.05, 4.69) is 51.0 Å². The van der Waals surface area contributed by atoms with Gasteiger partial charge >= 0.3 is 0 Å². The number of hydrogen-bond donors (Lipinski definition) is 0. The largest absolute Gasteiger partial charge is 0.343 e. The first-order chi connectivity index (χ1) is 15.7. The molecule has 10 nitrogen and oxygen atoms in total. The summed E-state index contributed by atoms with van der Waals surface area (Å²) in [7, 11) is 0. The highest BCUT2D eigenvalue weighted by Gasteiger charge is 2.36. The molecule has 3 fully saturated rings. The van der Waals surface area contributed by atoms with Crippen molar-refractivity contribution in [1.82, 2.24) is 34.7 Å². The molecule has 2 aliphatic heterocycles. The van der Waals surface area contributed by atoms with Gasteiger partial charge in [0.25, 0.3) is 0 Å². The average molecular weight is 498 g/mol. The van der Waals surface area contributed by atoms with Crippen molar-refractivity contribution >= 4 is 39.3 Å². The van der Waals surface area contributed by atoms with E-state index in [0.29, 0.717) is 29.4 Å². The standard InChI is InChI=1S/C21H24BrN9O/c22-20-26-25-17-5-6-18(27-31(17)20)30-7-1-2-16(30)19(32)28-8-10-29(11-9-28)21-23-12-15(13-24-21)14-3-4-14/h5-6,12-14,16H,1-4,7-11H2. The molecule has 0 bridgehead atoms. The number of carbonyl (C=O) groups excluding carboxylic acids is 1. The Kier molecular flexibility index (Phi) is 4.93. The number of aromatic nitrogens is 6. The lowest BCUT2D eigenvalue weighted by Gasteiger charge is -2.37. The van der Waals surface area contributed by atoms with Crippen molar-refractivity contribution in [3.8, 4) is 0 Å². The van der Waals surface area contributed by atoms with Gasteiger partial charge in [-0.15, -0.1) is 15.3 Å². The van der Waals surface area contributed by atoms with Crippen molar-refractivity contribution in [3.63, 3.8) is 0 Å². The maximum atomic E-state index is 13.4. The second-order valence-electron chi connectivity index (χ2n) is 8.68. The second-order valence-corrected chi connectivity index (χ2v) is 9.39. The lowest BCUT2D eigenvalue weighted by molar-refractivity contribution is -0.132. The topological polar surface area (TPSA) is 95.6 Å². The molecule has 1 amide bonds. The fourth-order valence-corrected chi connectivity index (χ4v) is 5.00. The number of fused-ring (bicyclic) bond motifs is 1. The molecule has 3 aromatic heterocycles. The summed E-state index contributed by atoms with van der Waals surface area (Å²) in [6, 6.07) is 3.62. The number of carbonyl (C=O) groups is 1. The van der Waals surface area contributed by atoms with E-state index in [9.17, 15) is 4.79 Å². The van der Waals surface area contributed by atoms with Crippen LogP contribution in [-0.4, -0.2) is 79.4 Å². The Balaban J connectivity index is 1.12. The molecule has 32 heavy (non-hydrogen) atoms. The zero-order chi connectivity index (χ0) is 21.7. The summed E-state index contributed by atoms with van der Waals surface area (Å²) in [4.78, 5) is 28.8.